The number of ether oxygens (including phenoxy) is 1. The smallest absolute Gasteiger partial charge is 0.321 e. The fourth-order valence-electron chi connectivity index (χ4n) is 2.04. The molecule has 0 aromatic heterocycles. The van der Waals surface area contributed by atoms with Gasteiger partial charge in [0.05, 0.1) is 0 Å². The number of esters is 1. The Kier molecular flexibility index (Phi) is 6.17. The van der Waals surface area contributed by atoms with Gasteiger partial charge in [-0.3, -0.25) is 9.59 Å². The molecule has 0 aliphatic heterocycles. The number of sulfonamides is 1. The van der Waals surface area contributed by atoms with Crippen molar-refractivity contribution in [2.24, 2.45) is 0 Å². The molecule has 2 aromatic carbocycles. The minimum atomic E-state index is -4.25. The number of Topliss-reactive ketones (excluding diaryl/α,β-unsaturated/α-hetero) is 1. The van der Waals surface area contributed by atoms with E-state index in [9.17, 15) is 26.8 Å². The lowest BCUT2D eigenvalue weighted by Crippen LogP contribution is -2.34. The number of carbonyl (C=O) groups excluding carboxylic acids is 2. The van der Waals surface area contributed by atoms with Crippen LogP contribution >= 0.6 is 0 Å². The standard InChI is InChI=1S/C17H15F2NO5S/c1-11(17(22)12-6-8-13(18)9-7-12)25-16(21)10-20-26(23,24)15-5-3-2-4-14(15)19/h2-9,11,20H,10H2,1H3/t11-/m0/s1. The zero-order valence-electron chi connectivity index (χ0n) is 13.6. The van der Waals surface area contributed by atoms with Crippen LogP contribution in [0.2, 0.25) is 0 Å². The van der Waals surface area contributed by atoms with Gasteiger partial charge in [0.2, 0.25) is 15.8 Å². The van der Waals surface area contributed by atoms with E-state index in [0.717, 1.165) is 24.3 Å². The maximum Gasteiger partial charge on any atom is 0.321 e. The van der Waals surface area contributed by atoms with E-state index in [1.165, 1.54) is 31.2 Å². The lowest BCUT2D eigenvalue weighted by atomic mass is 10.1. The van der Waals surface area contributed by atoms with Crippen molar-refractivity contribution in [3.05, 3.63) is 65.7 Å². The van der Waals surface area contributed by atoms with Crippen molar-refractivity contribution in [2.75, 3.05) is 6.54 Å². The van der Waals surface area contributed by atoms with E-state index < -0.39 is 51.0 Å². The Bertz CT molecular complexity index is 913. The van der Waals surface area contributed by atoms with Crippen molar-refractivity contribution >= 4 is 21.8 Å². The van der Waals surface area contributed by atoms with Crippen molar-refractivity contribution in [2.45, 2.75) is 17.9 Å². The highest BCUT2D eigenvalue weighted by molar-refractivity contribution is 7.89. The van der Waals surface area contributed by atoms with Gasteiger partial charge >= 0.3 is 5.97 Å². The van der Waals surface area contributed by atoms with Crippen molar-refractivity contribution < 1.29 is 31.5 Å². The molecule has 0 saturated carbocycles. The molecule has 0 fully saturated rings. The number of halogens is 2. The van der Waals surface area contributed by atoms with E-state index in [1.54, 1.807) is 0 Å². The molecule has 2 aromatic rings. The summed E-state index contributed by atoms with van der Waals surface area (Å²) >= 11 is 0. The Hall–Kier alpha value is -2.65. The predicted octanol–water partition coefficient (Wildman–Crippen LogP) is 2.06. The topological polar surface area (TPSA) is 89.5 Å². The summed E-state index contributed by atoms with van der Waals surface area (Å²) < 4.78 is 57.1. The second-order valence-corrected chi connectivity index (χ2v) is 6.99. The average Bonchev–Trinajstić information content (AvgIpc) is 2.60. The predicted molar refractivity (Wildman–Crippen MR) is 87.9 cm³/mol. The molecule has 0 unspecified atom stereocenters. The van der Waals surface area contributed by atoms with Crippen LogP contribution in [-0.2, 0) is 19.6 Å². The molecule has 1 atom stereocenters. The quantitative estimate of drug-likeness (QED) is 0.584. The third-order valence-corrected chi connectivity index (χ3v) is 4.77. The van der Waals surface area contributed by atoms with E-state index in [2.05, 4.69) is 0 Å². The van der Waals surface area contributed by atoms with Crippen molar-refractivity contribution in [3.63, 3.8) is 0 Å². The number of hydrogen-bond acceptors (Lipinski definition) is 5. The maximum absolute atomic E-state index is 13.5. The summed E-state index contributed by atoms with van der Waals surface area (Å²) in [4.78, 5) is 23.2. The molecular formula is C17H15F2NO5S. The van der Waals surface area contributed by atoms with Gasteiger partial charge in [-0.1, -0.05) is 12.1 Å². The number of ketones is 1. The van der Waals surface area contributed by atoms with Gasteiger partial charge in [-0.2, -0.15) is 4.72 Å². The molecule has 0 aliphatic carbocycles. The first-order valence-electron chi connectivity index (χ1n) is 7.44. The van der Waals surface area contributed by atoms with E-state index in [0.29, 0.717) is 0 Å². The first-order valence-corrected chi connectivity index (χ1v) is 8.92. The van der Waals surface area contributed by atoms with Gasteiger partial charge in [-0.15, -0.1) is 0 Å². The molecule has 0 bridgehead atoms. The Morgan fingerprint density at radius 1 is 1.08 bits per heavy atom. The van der Waals surface area contributed by atoms with Gasteiger partial charge in [0.15, 0.2) is 6.10 Å². The minimum absolute atomic E-state index is 0.138. The van der Waals surface area contributed by atoms with Gasteiger partial charge in [-0.05, 0) is 43.3 Å². The third-order valence-electron chi connectivity index (χ3n) is 3.34. The molecule has 9 heteroatoms. The molecule has 138 valence electrons. The zero-order valence-corrected chi connectivity index (χ0v) is 14.4. The number of hydrogen-bond donors (Lipinski definition) is 1. The molecule has 2 rings (SSSR count). The van der Waals surface area contributed by atoms with Crippen LogP contribution in [0, 0.1) is 11.6 Å². The Balaban J connectivity index is 1.95. The molecule has 0 radical (unpaired) electrons. The Morgan fingerprint density at radius 2 is 1.69 bits per heavy atom. The third kappa shape index (κ3) is 4.93. The van der Waals surface area contributed by atoms with Gasteiger partial charge in [0, 0.05) is 5.56 Å². The Labute approximate surface area is 148 Å². The average molecular weight is 383 g/mol. The fourth-order valence-corrected chi connectivity index (χ4v) is 3.08. The van der Waals surface area contributed by atoms with Crippen molar-refractivity contribution in [1.29, 1.82) is 0 Å². The van der Waals surface area contributed by atoms with Crippen LogP contribution in [0.3, 0.4) is 0 Å². The molecule has 0 aliphatic rings. The van der Waals surface area contributed by atoms with Crippen LogP contribution in [0.1, 0.15) is 17.3 Å². The van der Waals surface area contributed by atoms with Crippen molar-refractivity contribution in [1.82, 2.24) is 4.72 Å². The highest BCUT2D eigenvalue weighted by Gasteiger charge is 2.23. The summed E-state index contributed by atoms with van der Waals surface area (Å²) in [5.74, 6) is -3.08. The number of rotatable bonds is 7. The lowest BCUT2D eigenvalue weighted by molar-refractivity contribution is -0.144. The normalized spacial score (nSPS) is 12.4. The van der Waals surface area contributed by atoms with Gasteiger partial charge < -0.3 is 4.74 Å². The highest BCUT2D eigenvalue weighted by atomic mass is 32.2. The summed E-state index contributed by atoms with van der Waals surface area (Å²) in [5.41, 5.74) is 0.138. The van der Waals surface area contributed by atoms with Crippen LogP contribution in [0.15, 0.2) is 53.4 Å². The van der Waals surface area contributed by atoms with Crippen LogP contribution in [0.5, 0.6) is 0 Å². The fraction of sp³-hybridized carbons (Fsp3) is 0.176. The largest absolute Gasteiger partial charge is 0.453 e. The first kappa shape index (κ1) is 19.7. The second kappa shape index (κ2) is 8.15. The lowest BCUT2D eigenvalue weighted by Gasteiger charge is -2.13. The van der Waals surface area contributed by atoms with Crippen molar-refractivity contribution in [3.8, 4) is 0 Å². The highest BCUT2D eigenvalue weighted by Crippen LogP contribution is 2.13. The van der Waals surface area contributed by atoms with Crippen LogP contribution in [0.4, 0.5) is 8.78 Å². The molecule has 26 heavy (non-hydrogen) atoms. The summed E-state index contributed by atoms with van der Waals surface area (Å²) in [6.45, 7) is 0.520. The second-order valence-electron chi connectivity index (χ2n) is 5.26. The Morgan fingerprint density at radius 3 is 2.31 bits per heavy atom. The van der Waals surface area contributed by atoms with Crippen LogP contribution in [0.25, 0.3) is 0 Å². The molecule has 0 heterocycles. The molecular weight excluding hydrogens is 368 g/mol. The van der Waals surface area contributed by atoms with E-state index >= 15 is 0 Å². The molecule has 6 nitrogen and oxygen atoms in total. The SMILES string of the molecule is C[C@H](OC(=O)CNS(=O)(=O)c1ccccc1F)C(=O)c1ccc(F)cc1. The van der Waals surface area contributed by atoms with Gasteiger partial charge in [0.1, 0.15) is 23.1 Å². The van der Waals surface area contributed by atoms with Crippen LogP contribution in [-0.4, -0.2) is 32.8 Å². The monoisotopic (exact) mass is 383 g/mol. The first-order chi connectivity index (χ1) is 12.2. The maximum atomic E-state index is 13.5. The summed E-state index contributed by atoms with van der Waals surface area (Å²) in [6, 6.07) is 9.32. The van der Waals surface area contributed by atoms with E-state index in [1.807, 2.05) is 4.72 Å². The van der Waals surface area contributed by atoms with Gasteiger partial charge in [-0.25, -0.2) is 17.2 Å². The van der Waals surface area contributed by atoms with E-state index in [-0.39, 0.29) is 5.56 Å². The number of nitrogens with one attached hydrogen (secondary N) is 1. The molecule has 0 amide bonds. The van der Waals surface area contributed by atoms with Gasteiger partial charge in [0.25, 0.3) is 0 Å². The van der Waals surface area contributed by atoms with Crippen LogP contribution < -0.4 is 4.72 Å². The summed E-state index contributed by atoms with van der Waals surface area (Å²) in [6.07, 6.45) is -1.20. The summed E-state index contributed by atoms with van der Waals surface area (Å²) in [7, 11) is -4.25. The molecule has 0 spiro atoms. The number of carbonyl (C=O) groups is 2. The molecule has 1 N–H and O–H groups in total. The van der Waals surface area contributed by atoms with E-state index in [4.69, 9.17) is 4.74 Å². The molecule has 0 saturated heterocycles. The summed E-state index contributed by atoms with van der Waals surface area (Å²) in [5, 5.41) is 0. The zero-order chi connectivity index (χ0) is 19.3. The minimum Gasteiger partial charge on any atom is -0.453 e. The number of benzene rings is 2.